The molecule has 0 bridgehead atoms. The quantitative estimate of drug-likeness (QED) is 0.770. The van der Waals surface area contributed by atoms with Crippen LogP contribution >= 0.6 is 0 Å². The number of benzene rings is 2. The first kappa shape index (κ1) is 21.3. The molecule has 10 heteroatoms. The van der Waals surface area contributed by atoms with E-state index in [1.807, 2.05) is 0 Å². The molecule has 7 nitrogen and oxygen atoms in total. The molecular weight excluding hydrogens is 403 g/mol. The summed E-state index contributed by atoms with van der Waals surface area (Å²) < 4.78 is 49.6. The molecular formula is C20H20F3N3O4. The van der Waals surface area contributed by atoms with Crippen molar-refractivity contribution in [2.45, 2.75) is 18.6 Å². The molecule has 0 aliphatic carbocycles. The number of hydrogen-bond donors (Lipinski definition) is 2. The van der Waals surface area contributed by atoms with Crippen LogP contribution < -0.4 is 25.0 Å². The van der Waals surface area contributed by atoms with E-state index in [-0.39, 0.29) is 24.6 Å². The number of nitrogens with zero attached hydrogens (tertiary/aromatic N) is 1. The average molecular weight is 423 g/mol. The predicted octanol–water partition coefficient (Wildman–Crippen LogP) is 3.65. The van der Waals surface area contributed by atoms with E-state index in [2.05, 4.69) is 10.6 Å². The van der Waals surface area contributed by atoms with Crippen LogP contribution in [-0.4, -0.2) is 38.7 Å². The fourth-order valence-electron chi connectivity index (χ4n) is 3.23. The van der Waals surface area contributed by atoms with Gasteiger partial charge in [-0.1, -0.05) is 12.1 Å². The normalized spacial score (nSPS) is 16.4. The highest BCUT2D eigenvalue weighted by Gasteiger charge is 2.35. The molecule has 1 atom stereocenters. The molecule has 0 saturated carbocycles. The molecule has 1 aliphatic heterocycles. The Bertz CT molecular complexity index is 949. The Hall–Kier alpha value is -3.43. The lowest BCUT2D eigenvalue weighted by Crippen LogP contribution is -2.40. The fourth-order valence-corrected chi connectivity index (χ4v) is 3.23. The topological polar surface area (TPSA) is 79.9 Å². The molecule has 1 aliphatic rings. The largest absolute Gasteiger partial charge is 0.493 e. The van der Waals surface area contributed by atoms with Crippen LogP contribution in [0.3, 0.4) is 0 Å². The molecule has 3 amide bonds. The summed E-state index contributed by atoms with van der Waals surface area (Å²) in [5, 5.41) is 4.76. The van der Waals surface area contributed by atoms with Crippen molar-refractivity contribution < 1.29 is 32.2 Å². The van der Waals surface area contributed by atoms with Crippen LogP contribution in [0.25, 0.3) is 0 Å². The molecule has 30 heavy (non-hydrogen) atoms. The molecule has 2 N–H and O–H groups in total. The summed E-state index contributed by atoms with van der Waals surface area (Å²) in [6.07, 6.45) is -4.58. The lowest BCUT2D eigenvalue weighted by molar-refractivity contribution is -0.136. The number of nitrogens with one attached hydrogen (secondary N) is 2. The Morgan fingerprint density at radius 1 is 1.10 bits per heavy atom. The second-order valence-electron chi connectivity index (χ2n) is 6.59. The monoisotopic (exact) mass is 423 g/mol. The third-order valence-corrected chi connectivity index (χ3v) is 4.62. The van der Waals surface area contributed by atoms with Crippen LogP contribution in [-0.2, 0) is 11.0 Å². The second kappa shape index (κ2) is 8.52. The van der Waals surface area contributed by atoms with Crippen LogP contribution in [0.5, 0.6) is 11.5 Å². The van der Waals surface area contributed by atoms with E-state index in [0.717, 1.165) is 12.1 Å². The number of carbonyl (C=O) groups is 2. The van der Waals surface area contributed by atoms with Crippen molar-refractivity contribution in [1.82, 2.24) is 5.32 Å². The molecule has 2 aromatic carbocycles. The number of methoxy groups -OCH3 is 2. The average Bonchev–Trinajstić information content (AvgIpc) is 3.06. The third-order valence-electron chi connectivity index (χ3n) is 4.62. The van der Waals surface area contributed by atoms with Gasteiger partial charge in [0.2, 0.25) is 5.91 Å². The van der Waals surface area contributed by atoms with Crippen molar-refractivity contribution in [3.8, 4) is 11.5 Å². The van der Waals surface area contributed by atoms with Crippen molar-refractivity contribution in [1.29, 1.82) is 0 Å². The summed E-state index contributed by atoms with van der Waals surface area (Å²) in [5.41, 5.74) is -0.747. The molecule has 1 heterocycles. The minimum absolute atomic E-state index is 0.0165. The Morgan fingerprint density at radius 2 is 1.80 bits per heavy atom. The van der Waals surface area contributed by atoms with Gasteiger partial charge in [-0.15, -0.1) is 0 Å². The molecule has 1 fully saturated rings. The summed E-state index contributed by atoms with van der Waals surface area (Å²) >= 11 is 0. The van der Waals surface area contributed by atoms with Gasteiger partial charge >= 0.3 is 12.2 Å². The van der Waals surface area contributed by atoms with Crippen molar-refractivity contribution in [3.05, 3.63) is 48.0 Å². The number of ether oxygens (including phenoxy) is 2. The SMILES string of the molecule is COc1ccc(N2CC(NC(=O)Nc3ccccc3C(F)(F)F)CC2=O)cc1OC. The molecule has 3 rings (SSSR count). The second-order valence-corrected chi connectivity index (χ2v) is 6.59. The first-order chi connectivity index (χ1) is 14.2. The number of halogens is 3. The van der Waals surface area contributed by atoms with Crippen LogP contribution in [0.2, 0.25) is 0 Å². The summed E-state index contributed by atoms with van der Waals surface area (Å²) in [5.74, 6) is 0.717. The van der Waals surface area contributed by atoms with Crippen molar-refractivity contribution in [2.75, 3.05) is 31.0 Å². The number of para-hydroxylation sites is 1. The van der Waals surface area contributed by atoms with Gasteiger partial charge < -0.3 is 25.0 Å². The van der Waals surface area contributed by atoms with Crippen molar-refractivity contribution in [2.24, 2.45) is 0 Å². The Kier molecular flexibility index (Phi) is 6.04. The zero-order chi connectivity index (χ0) is 21.9. The first-order valence-corrected chi connectivity index (χ1v) is 8.99. The zero-order valence-electron chi connectivity index (χ0n) is 16.2. The number of alkyl halides is 3. The summed E-state index contributed by atoms with van der Waals surface area (Å²) in [6.45, 7) is 0.169. The standard InChI is InChI=1S/C20H20F3N3O4/c1-29-16-8-7-13(10-17(16)30-2)26-11-12(9-18(26)27)24-19(28)25-15-6-4-3-5-14(15)20(21,22)23/h3-8,10,12H,9,11H2,1-2H3,(H2,24,25,28). The van der Waals surface area contributed by atoms with Gasteiger partial charge in [-0.05, 0) is 24.3 Å². The van der Waals surface area contributed by atoms with Crippen LogP contribution in [0.4, 0.5) is 29.3 Å². The number of carbonyl (C=O) groups excluding carboxylic acids is 2. The molecule has 0 radical (unpaired) electrons. The maximum atomic E-state index is 13.1. The zero-order valence-corrected chi connectivity index (χ0v) is 16.2. The lowest BCUT2D eigenvalue weighted by Gasteiger charge is -2.19. The maximum absolute atomic E-state index is 13.1. The lowest BCUT2D eigenvalue weighted by atomic mass is 10.1. The van der Waals surface area contributed by atoms with E-state index in [4.69, 9.17) is 9.47 Å². The van der Waals surface area contributed by atoms with Crippen molar-refractivity contribution in [3.63, 3.8) is 0 Å². The Morgan fingerprint density at radius 3 is 2.47 bits per heavy atom. The minimum Gasteiger partial charge on any atom is -0.493 e. The number of urea groups is 1. The van der Waals surface area contributed by atoms with Crippen LogP contribution in [0.15, 0.2) is 42.5 Å². The van der Waals surface area contributed by atoms with Crippen LogP contribution in [0, 0.1) is 0 Å². The highest BCUT2D eigenvalue weighted by atomic mass is 19.4. The molecule has 0 spiro atoms. The van der Waals surface area contributed by atoms with E-state index in [0.29, 0.717) is 17.2 Å². The van der Waals surface area contributed by atoms with Gasteiger partial charge in [0.1, 0.15) is 0 Å². The fraction of sp³-hybridized carbons (Fsp3) is 0.300. The van der Waals surface area contributed by atoms with Crippen molar-refractivity contribution >= 4 is 23.3 Å². The van der Waals surface area contributed by atoms with Gasteiger partial charge in [-0.2, -0.15) is 13.2 Å². The molecule has 1 unspecified atom stereocenters. The molecule has 0 aromatic heterocycles. The minimum atomic E-state index is -4.60. The Labute approximate surface area is 170 Å². The maximum Gasteiger partial charge on any atom is 0.418 e. The van der Waals surface area contributed by atoms with Gasteiger partial charge in [0, 0.05) is 24.7 Å². The number of hydrogen-bond acceptors (Lipinski definition) is 4. The third kappa shape index (κ3) is 4.58. The first-order valence-electron chi connectivity index (χ1n) is 8.99. The number of anilines is 2. The smallest absolute Gasteiger partial charge is 0.418 e. The van der Waals surface area contributed by atoms with E-state index in [9.17, 15) is 22.8 Å². The highest BCUT2D eigenvalue weighted by Crippen LogP contribution is 2.35. The van der Waals surface area contributed by atoms with E-state index in [1.165, 1.54) is 31.3 Å². The number of rotatable bonds is 5. The molecule has 2 aromatic rings. The van der Waals surface area contributed by atoms with Gasteiger partial charge in [0.05, 0.1) is 31.5 Å². The highest BCUT2D eigenvalue weighted by molar-refractivity contribution is 5.98. The molecule has 160 valence electrons. The Balaban J connectivity index is 1.67. The summed E-state index contributed by atoms with van der Waals surface area (Å²) in [4.78, 5) is 26.1. The number of amides is 3. The van der Waals surface area contributed by atoms with Gasteiger partial charge in [0.15, 0.2) is 11.5 Å². The van der Waals surface area contributed by atoms with E-state index >= 15 is 0 Å². The van der Waals surface area contributed by atoms with Gasteiger partial charge in [-0.25, -0.2) is 4.79 Å². The predicted molar refractivity (Wildman–Crippen MR) is 104 cm³/mol. The summed E-state index contributed by atoms with van der Waals surface area (Å²) in [6, 6.07) is 8.27. The van der Waals surface area contributed by atoms with E-state index in [1.54, 1.807) is 18.2 Å². The van der Waals surface area contributed by atoms with Gasteiger partial charge in [0.25, 0.3) is 0 Å². The molecule has 1 saturated heterocycles. The van der Waals surface area contributed by atoms with Crippen LogP contribution in [0.1, 0.15) is 12.0 Å². The summed E-state index contributed by atoms with van der Waals surface area (Å²) in [7, 11) is 2.97. The van der Waals surface area contributed by atoms with Gasteiger partial charge in [-0.3, -0.25) is 4.79 Å². The van der Waals surface area contributed by atoms with E-state index < -0.39 is 23.8 Å².